The van der Waals surface area contributed by atoms with E-state index in [-0.39, 0.29) is 5.76 Å². The summed E-state index contributed by atoms with van der Waals surface area (Å²) in [6.07, 6.45) is 0. The van der Waals surface area contributed by atoms with Crippen molar-refractivity contribution in [1.82, 2.24) is 0 Å². The van der Waals surface area contributed by atoms with Crippen molar-refractivity contribution in [2.45, 2.75) is 0 Å². The number of carbonyl (C=O) groups is 1. The predicted octanol–water partition coefficient (Wildman–Crippen LogP) is 2.47. The molecule has 0 aliphatic carbocycles. The zero-order valence-electron chi connectivity index (χ0n) is 6.70. The van der Waals surface area contributed by atoms with Crippen LogP contribution in [-0.4, -0.2) is 5.97 Å². The lowest BCUT2D eigenvalue weighted by Crippen LogP contribution is -2.06. The van der Waals surface area contributed by atoms with Crippen LogP contribution in [0.25, 0.3) is 0 Å². The maximum absolute atomic E-state index is 10.9. The van der Waals surface area contributed by atoms with E-state index in [1.54, 1.807) is 24.3 Å². The highest BCUT2D eigenvalue weighted by Crippen LogP contribution is 2.12. The lowest BCUT2D eigenvalue weighted by molar-refractivity contribution is -0.129. The van der Waals surface area contributed by atoms with Gasteiger partial charge in [-0.05, 0) is 18.7 Å². The van der Waals surface area contributed by atoms with Crippen LogP contribution in [0, 0.1) is 0 Å². The molecule has 0 aromatic heterocycles. The molecule has 1 rings (SSSR count). The number of halogens is 1. The van der Waals surface area contributed by atoms with Gasteiger partial charge in [-0.15, -0.1) is 0 Å². The molecule has 3 nitrogen and oxygen atoms in total. The summed E-state index contributed by atoms with van der Waals surface area (Å²) < 4.78 is 9.48. The standard InChI is InChI=1S/C9H7IO3/c1-7(9(11)13-10)12-8-5-3-2-4-6-8/h2-6H,1H2. The van der Waals surface area contributed by atoms with E-state index in [9.17, 15) is 4.79 Å². The zero-order chi connectivity index (χ0) is 9.68. The van der Waals surface area contributed by atoms with E-state index < -0.39 is 5.97 Å². The van der Waals surface area contributed by atoms with Crippen molar-refractivity contribution in [2.24, 2.45) is 0 Å². The highest BCUT2D eigenvalue weighted by atomic mass is 127. The van der Waals surface area contributed by atoms with Gasteiger partial charge in [0.1, 0.15) is 5.75 Å². The molecule has 0 bridgehead atoms. The number of rotatable bonds is 3. The van der Waals surface area contributed by atoms with Gasteiger partial charge in [0.05, 0.1) is 0 Å². The summed E-state index contributed by atoms with van der Waals surface area (Å²) in [5.41, 5.74) is 0. The summed E-state index contributed by atoms with van der Waals surface area (Å²) in [6.45, 7) is 3.42. The number of benzene rings is 1. The molecule has 0 N–H and O–H groups in total. The second-order valence-electron chi connectivity index (χ2n) is 2.20. The Morgan fingerprint density at radius 2 is 1.92 bits per heavy atom. The van der Waals surface area contributed by atoms with Crippen molar-refractivity contribution >= 4 is 29.0 Å². The minimum Gasteiger partial charge on any atom is -0.450 e. The maximum atomic E-state index is 10.9. The summed E-state index contributed by atoms with van der Waals surface area (Å²) in [6, 6.07) is 8.92. The molecule has 0 heterocycles. The molecule has 0 spiro atoms. The molecule has 0 aliphatic heterocycles. The van der Waals surface area contributed by atoms with Crippen LogP contribution >= 0.6 is 23.0 Å². The molecule has 0 atom stereocenters. The third-order valence-electron chi connectivity index (χ3n) is 1.28. The fourth-order valence-electron chi connectivity index (χ4n) is 0.715. The number of ether oxygens (including phenoxy) is 1. The molecule has 68 valence electrons. The van der Waals surface area contributed by atoms with Crippen LogP contribution in [0.1, 0.15) is 0 Å². The van der Waals surface area contributed by atoms with Gasteiger partial charge in [-0.3, -0.25) is 0 Å². The van der Waals surface area contributed by atoms with Crippen molar-refractivity contribution in [1.29, 1.82) is 0 Å². The van der Waals surface area contributed by atoms with Crippen LogP contribution in [0.2, 0.25) is 0 Å². The van der Waals surface area contributed by atoms with Crippen LogP contribution in [0.5, 0.6) is 5.75 Å². The van der Waals surface area contributed by atoms with Crippen molar-refractivity contribution in [3.63, 3.8) is 0 Å². The minimum atomic E-state index is -0.579. The van der Waals surface area contributed by atoms with Crippen LogP contribution in [0.15, 0.2) is 42.7 Å². The van der Waals surface area contributed by atoms with Gasteiger partial charge >= 0.3 is 5.97 Å². The molecule has 0 aliphatic rings. The Bertz CT molecular complexity index is 308. The smallest absolute Gasteiger partial charge is 0.383 e. The summed E-state index contributed by atoms with van der Waals surface area (Å²) in [5, 5.41) is 0. The molecule has 0 fully saturated rings. The zero-order valence-corrected chi connectivity index (χ0v) is 8.85. The van der Waals surface area contributed by atoms with Crippen LogP contribution in [0.3, 0.4) is 0 Å². The molecule has 1 aromatic rings. The van der Waals surface area contributed by atoms with Gasteiger partial charge in [0.15, 0.2) is 23.0 Å². The number of para-hydroxylation sites is 1. The largest absolute Gasteiger partial charge is 0.450 e. The highest BCUT2D eigenvalue weighted by molar-refractivity contribution is 14.1. The first-order valence-corrected chi connectivity index (χ1v) is 4.37. The average molecular weight is 290 g/mol. The first-order chi connectivity index (χ1) is 6.24. The van der Waals surface area contributed by atoms with Gasteiger partial charge in [-0.25, -0.2) is 4.79 Å². The number of hydrogen-bond acceptors (Lipinski definition) is 3. The molecule has 0 radical (unpaired) electrons. The van der Waals surface area contributed by atoms with E-state index in [0.717, 1.165) is 0 Å². The Balaban J connectivity index is 2.60. The number of carbonyl (C=O) groups excluding carboxylic acids is 1. The van der Waals surface area contributed by atoms with Gasteiger partial charge in [0, 0.05) is 0 Å². The predicted molar refractivity (Wildman–Crippen MR) is 56.3 cm³/mol. The second kappa shape index (κ2) is 4.86. The molecule has 0 amide bonds. The molecule has 0 unspecified atom stereocenters. The lowest BCUT2D eigenvalue weighted by Gasteiger charge is -2.04. The lowest BCUT2D eigenvalue weighted by atomic mass is 10.3. The summed E-state index contributed by atoms with van der Waals surface area (Å²) in [5.74, 6) is -0.0423. The summed E-state index contributed by atoms with van der Waals surface area (Å²) in [4.78, 5) is 10.9. The van der Waals surface area contributed by atoms with E-state index in [1.807, 2.05) is 6.07 Å². The Hall–Kier alpha value is -1.04. The topological polar surface area (TPSA) is 35.5 Å². The van der Waals surface area contributed by atoms with Gasteiger partial charge in [-0.1, -0.05) is 18.2 Å². The molecular weight excluding hydrogens is 283 g/mol. The van der Waals surface area contributed by atoms with E-state index in [4.69, 9.17) is 4.74 Å². The van der Waals surface area contributed by atoms with Crippen molar-refractivity contribution in [2.75, 3.05) is 0 Å². The van der Waals surface area contributed by atoms with Crippen LogP contribution in [0.4, 0.5) is 0 Å². The van der Waals surface area contributed by atoms with E-state index >= 15 is 0 Å². The SMILES string of the molecule is C=C(Oc1ccccc1)C(=O)OI. The maximum Gasteiger partial charge on any atom is 0.383 e. The molecule has 0 saturated carbocycles. The Kier molecular flexibility index (Phi) is 3.75. The molecule has 1 aromatic carbocycles. The van der Waals surface area contributed by atoms with E-state index in [2.05, 4.69) is 9.65 Å². The third kappa shape index (κ3) is 3.06. The van der Waals surface area contributed by atoms with Crippen LogP contribution in [-0.2, 0) is 7.86 Å². The van der Waals surface area contributed by atoms with Gasteiger partial charge in [0.25, 0.3) is 0 Å². The Morgan fingerprint density at radius 1 is 1.31 bits per heavy atom. The Morgan fingerprint density at radius 3 is 2.46 bits per heavy atom. The molecule has 13 heavy (non-hydrogen) atoms. The normalized spacial score (nSPS) is 9.00. The monoisotopic (exact) mass is 290 g/mol. The van der Waals surface area contributed by atoms with Gasteiger partial charge < -0.3 is 7.80 Å². The quantitative estimate of drug-likeness (QED) is 0.487. The summed E-state index contributed by atoms with van der Waals surface area (Å²) >= 11 is 1.48. The number of hydrogen-bond donors (Lipinski definition) is 0. The first kappa shape index (κ1) is 10.0. The van der Waals surface area contributed by atoms with Crippen molar-refractivity contribution in [3.05, 3.63) is 42.7 Å². The first-order valence-electron chi connectivity index (χ1n) is 3.49. The van der Waals surface area contributed by atoms with Crippen molar-refractivity contribution in [3.8, 4) is 5.75 Å². The highest BCUT2D eigenvalue weighted by Gasteiger charge is 2.09. The average Bonchev–Trinajstić information content (AvgIpc) is 2.18. The molecular formula is C9H7IO3. The Labute approximate surface area is 90.0 Å². The fraction of sp³-hybridized carbons (Fsp3) is 0. The van der Waals surface area contributed by atoms with Gasteiger partial charge in [0.2, 0.25) is 5.76 Å². The molecule has 0 saturated heterocycles. The molecule has 4 heteroatoms. The van der Waals surface area contributed by atoms with Crippen LogP contribution < -0.4 is 4.74 Å². The minimum absolute atomic E-state index is 0.0272. The van der Waals surface area contributed by atoms with E-state index in [1.165, 1.54) is 23.0 Å². The van der Waals surface area contributed by atoms with Gasteiger partial charge in [-0.2, -0.15) is 0 Å². The van der Waals surface area contributed by atoms with Crippen molar-refractivity contribution < 1.29 is 12.6 Å². The van der Waals surface area contributed by atoms with E-state index in [0.29, 0.717) is 5.75 Å². The third-order valence-corrected chi connectivity index (χ3v) is 1.68. The fourth-order valence-corrected chi connectivity index (χ4v) is 0.961. The summed E-state index contributed by atoms with van der Waals surface area (Å²) in [7, 11) is 0. The second-order valence-corrected chi connectivity index (χ2v) is 2.64.